The number of ketones is 1. The van der Waals surface area contributed by atoms with Gasteiger partial charge in [0.1, 0.15) is 0 Å². The second kappa shape index (κ2) is 4.44. The summed E-state index contributed by atoms with van der Waals surface area (Å²) in [6.45, 7) is 1.85. The van der Waals surface area contributed by atoms with Crippen LogP contribution in [0.25, 0.3) is 0 Å². The van der Waals surface area contributed by atoms with E-state index in [4.69, 9.17) is 5.26 Å². The van der Waals surface area contributed by atoms with E-state index in [-0.39, 0.29) is 12.2 Å². The van der Waals surface area contributed by atoms with E-state index in [9.17, 15) is 4.79 Å². The predicted octanol–water partition coefficient (Wildman–Crippen LogP) is 2.37. The van der Waals surface area contributed by atoms with Crippen molar-refractivity contribution in [2.75, 3.05) is 0 Å². The van der Waals surface area contributed by atoms with E-state index in [1.807, 2.05) is 19.1 Å². The lowest BCUT2D eigenvalue weighted by Gasteiger charge is -2.16. The number of fused-ring (bicyclic) bond motifs is 1. The summed E-state index contributed by atoms with van der Waals surface area (Å²) in [7, 11) is 0. The van der Waals surface area contributed by atoms with Gasteiger partial charge in [-0.2, -0.15) is 5.26 Å². The molecule has 0 unspecified atom stereocenters. The Morgan fingerprint density at radius 1 is 1.50 bits per heavy atom. The molecule has 1 aliphatic rings. The Balaban J connectivity index is 2.40. The highest BCUT2D eigenvalue weighted by atomic mass is 16.1. The molecule has 0 radical (unpaired) electrons. The molecule has 16 heavy (non-hydrogen) atoms. The first kappa shape index (κ1) is 10.8. The summed E-state index contributed by atoms with van der Waals surface area (Å²) >= 11 is 0. The zero-order chi connectivity index (χ0) is 11.5. The van der Waals surface area contributed by atoms with Crippen LogP contribution in [0.4, 0.5) is 0 Å². The van der Waals surface area contributed by atoms with Crippen molar-refractivity contribution in [2.24, 2.45) is 0 Å². The molecule has 0 aromatic carbocycles. The Bertz CT molecular complexity index is 472. The minimum absolute atomic E-state index is 0.0543. The van der Waals surface area contributed by atoms with Gasteiger partial charge in [0, 0.05) is 17.0 Å². The molecule has 0 N–H and O–H groups in total. The summed E-state index contributed by atoms with van der Waals surface area (Å²) in [5.41, 5.74) is 3.72. The monoisotopic (exact) mass is 214 g/mol. The minimum Gasteiger partial charge on any atom is -0.293 e. The van der Waals surface area contributed by atoms with Crippen molar-refractivity contribution in [1.29, 1.82) is 5.26 Å². The third-order valence-corrected chi connectivity index (χ3v) is 3.03. The van der Waals surface area contributed by atoms with Gasteiger partial charge < -0.3 is 0 Å². The molecule has 0 aliphatic heterocycles. The summed E-state index contributed by atoms with van der Waals surface area (Å²) in [6.07, 6.45) is 4.33. The summed E-state index contributed by atoms with van der Waals surface area (Å²) in [6, 6.07) is 3.84. The van der Waals surface area contributed by atoms with Gasteiger partial charge in [0.25, 0.3) is 0 Å². The molecule has 1 aromatic heterocycles. The molecule has 0 spiro atoms. The molecule has 0 fully saturated rings. The number of Topliss-reactive ketones (excluding diaryl/α,β-unsaturated/α-hetero) is 1. The van der Waals surface area contributed by atoms with Crippen LogP contribution in [-0.4, -0.2) is 10.8 Å². The number of rotatable bonds is 2. The lowest BCUT2D eigenvalue weighted by atomic mass is 9.93. The van der Waals surface area contributed by atoms with Gasteiger partial charge in [0.2, 0.25) is 0 Å². The van der Waals surface area contributed by atoms with Crippen LogP contribution in [0.3, 0.4) is 0 Å². The molecule has 1 aromatic rings. The number of nitriles is 1. The fourth-order valence-corrected chi connectivity index (χ4v) is 2.19. The molecule has 0 amide bonds. The molecule has 0 bridgehead atoms. The number of aromatic nitrogens is 1. The van der Waals surface area contributed by atoms with E-state index in [0.717, 1.165) is 24.2 Å². The molecular weight excluding hydrogens is 200 g/mol. The van der Waals surface area contributed by atoms with Crippen molar-refractivity contribution in [3.05, 3.63) is 28.6 Å². The van der Waals surface area contributed by atoms with Gasteiger partial charge in [0.15, 0.2) is 5.78 Å². The van der Waals surface area contributed by atoms with Crippen LogP contribution in [0.15, 0.2) is 6.07 Å². The molecule has 0 saturated heterocycles. The SMILES string of the molecule is Cc1nc2c(cc1C(=O)CC#N)CCCC2. The van der Waals surface area contributed by atoms with E-state index in [2.05, 4.69) is 4.98 Å². The van der Waals surface area contributed by atoms with E-state index in [1.165, 1.54) is 18.4 Å². The van der Waals surface area contributed by atoms with Crippen molar-refractivity contribution in [2.45, 2.75) is 39.0 Å². The van der Waals surface area contributed by atoms with Gasteiger partial charge in [0.05, 0.1) is 12.5 Å². The summed E-state index contributed by atoms with van der Waals surface area (Å²) in [4.78, 5) is 16.2. The zero-order valence-corrected chi connectivity index (χ0v) is 9.42. The largest absolute Gasteiger partial charge is 0.293 e. The van der Waals surface area contributed by atoms with Gasteiger partial charge in [-0.05, 0) is 44.2 Å². The number of aryl methyl sites for hydroxylation is 3. The average Bonchev–Trinajstić information content (AvgIpc) is 2.28. The van der Waals surface area contributed by atoms with Gasteiger partial charge in [-0.1, -0.05) is 0 Å². The molecule has 2 rings (SSSR count). The first-order chi connectivity index (χ1) is 7.72. The second-order valence-corrected chi connectivity index (χ2v) is 4.19. The van der Waals surface area contributed by atoms with Crippen LogP contribution in [0.5, 0.6) is 0 Å². The van der Waals surface area contributed by atoms with Crippen LogP contribution in [0.2, 0.25) is 0 Å². The van der Waals surface area contributed by atoms with Gasteiger partial charge in [-0.3, -0.25) is 9.78 Å². The Labute approximate surface area is 95.1 Å². The number of nitrogens with zero attached hydrogens (tertiary/aromatic N) is 2. The number of pyridine rings is 1. The maximum Gasteiger partial charge on any atom is 0.178 e. The van der Waals surface area contributed by atoms with E-state index in [0.29, 0.717) is 5.56 Å². The second-order valence-electron chi connectivity index (χ2n) is 4.19. The zero-order valence-electron chi connectivity index (χ0n) is 9.42. The van der Waals surface area contributed by atoms with E-state index >= 15 is 0 Å². The summed E-state index contributed by atoms with van der Waals surface area (Å²) in [5.74, 6) is -0.110. The Morgan fingerprint density at radius 3 is 3.00 bits per heavy atom. The van der Waals surface area contributed by atoms with Gasteiger partial charge in [-0.25, -0.2) is 0 Å². The third kappa shape index (κ3) is 1.96. The number of carbonyl (C=O) groups is 1. The van der Waals surface area contributed by atoms with Crippen LogP contribution >= 0.6 is 0 Å². The van der Waals surface area contributed by atoms with Gasteiger partial charge in [-0.15, -0.1) is 0 Å². The van der Waals surface area contributed by atoms with Crippen molar-refractivity contribution in [3.8, 4) is 6.07 Å². The van der Waals surface area contributed by atoms with Crippen LogP contribution in [0.1, 0.15) is 46.6 Å². The summed E-state index contributed by atoms with van der Waals surface area (Å²) < 4.78 is 0. The highest BCUT2D eigenvalue weighted by molar-refractivity contribution is 5.98. The van der Waals surface area contributed by atoms with Crippen molar-refractivity contribution < 1.29 is 4.79 Å². The van der Waals surface area contributed by atoms with Crippen LogP contribution in [-0.2, 0) is 12.8 Å². The lowest BCUT2D eigenvalue weighted by Crippen LogP contribution is -2.11. The quantitative estimate of drug-likeness (QED) is 0.710. The molecule has 1 heterocycles. The molecule has 82 valence electrons. The molecular formula is C13H14N2O. The van der Waals surface area contributed by atoms with Gasteiger partial charge >= 0.3 is 0 Å². The topological polar surface area (TPSA) is 53.8 Å². The Kier molecular flexibility index (Phi) is 3.00. The fraction of sp³-hybridized carbons (Fsp3) is 0.462. The fourth-order valence-electron chi connectivity index (χ4n) is 2.19. The van der Waals surface area contributed by atoms with E-state index < -0.39 is 0 Å². The molecule has 3 nitrogen and oxygen atoms in total. The minimum atomic E-state index is -0.110. The summed E-state index contributed by atoms with van der Waals surface area (Å²) in [5, 5.41) is 8.54. The average molecular weight is 214 g/mol. The number of carbonyl (C=O) groups excluding carboxylic acids is 1. The number of hydrogen-bond donors (Lipinski definition) is 0. The van der Waals surface area contributed by atoms with Crippen LogP contribution < -0.4 is 0 Å². The van der Waals surface area contributed by atoms with Crippen LogP contribution in [0, 0.1) is 18.3 Å². The maximum absolute atomic E-state index is 11.7. The molecule has 3 heteroatoms. The molecule has 1 aliphatic carbocycles. The third-order valence-electron chi connectivity index (χ3n) is 3.03. The highest BCUT2D eigenvalue weighted by Crippen LogP contribution is 2.22. The lowest BCUT2D eigenvalue weighted by molar-refractivity contribution is 0.0996. The van der Waals surface area contributed by atoms with Crippen molar-refractivity contribution in [3.63, 3.8) is 0 Å². The molecule has 0 saturated carbocycles. The molecule has 0 atom stereocenters. The normalized spacial score (nSPS) is 14.0. The Morgan fingerprint density at radius 2 is 2.25 bits per heavy atom. The maximum atomic E-state index is 11.7. The van der Waals surface area contributed by atoms with E-state index in [1.54, 1.807) is 0 Å². The van der Waals surface area contributed by atoms with Crippen molar-refractivity contribution >= 4 is 5.78 Å². The standard InChI is InChI=1S/C13H14N2O/c1-9-11(13(16)6-7-14)8-10-4-2-3-5-12(10)15-9/h8H,2-6H2,1H3. The highest BCUT2D eigenvalue weighted by Gasteiger charge is 2.16. The number of hydrogen-bond acceptors (Lipinski definition) is 3. The smallest absolute Gasteiger partial charge is 0.178 e. The Hall–Kier alpha value is -1.69. The first-order valence-corrected chi connectivity index (χ1v) is 5.62. The first-order valence-electron chi connectivity index (χ1n) is 5.62. The van der Waals surface area contributed by atoms with Crippen molar-refractivity contribution in [1.82, 2.24) is 4.98 Å². The predicted molar refractivity (Wildman–Crippen MR) is 60.2 cm³/mol.